The molecule has 0 saturated heterocycles. The van der Waals surface area contributed by atoms with Gasteiger partial charge in [0.25, 0.3) is 0 Å². The second kappa shape index (κ2) is 6.94. The number of benzene rings is 1. The average molecular weight is 319 g/mol. The maximum atomic E-state index is 5.59. The van der Waals surface area contributed by atoms with Gasteiger partial charge >= 0.3 is 0 Å². The molecule has 0 aliphatic rings. The van der Waals surface area contributed by atoms with Gasteiger partial charge in [0.15, 0.2) is 0 Å². The number of hydrogen-bond acceptors (Lipinski definition) is 5. The maximum absolute atomic E-state index is 5.59. The van der Waals surface area contributed by atoms with Gasteiger partial charge in [0, 0.05) is 12.7 Å². The number of ether oxygens (including phenoxy) is 3. The fourth-order valence-corrected chi connectivity index (χ4v) is 2.46. The van der Waals surface area contributed by atoms with Crippen LogP contribution in [0.1, 0.15) is 18.5 Å². The predicted molar refractivity (Wildman–Crippen MR) is 73.8 cm³/mol. The molecule has 0 aromatic heterocycles. The van der Waals surface area contributed by atoms with Crippen molar-refractivity contribution in [2.75, 3.05) is 21.3 Å². The molecule has 0 spiro atoms. The molecule has 0 bridgehead atoms. The molecule has 5 nitrogen and oxygen atoms in total. The van der Waals surface area contributed by atoms with Gasteiger partial charge in [-0.25, -0.2) is 0 Å². The molecule has 2 atom stereocenters. The van der Waals surface area contributed by atoms with Crippen LogP contribution in [0.15, 0.2) is 16.6 Å². The Labute approximate surface area is 116 Å². The van der Waals surface area contributed by atoms with Crippen molar-refractivity contribution in [3.05, 3.63) is 22.2 Å². The van der Waals surface area contributed by atoms with Gasteiger partial charge in [0.1, 0.15) is 16.0 Å². The zero-order valence-corrected chi connectivity index (χ0v) is 12.6. The number of methoxy groups -OCH3 is 3. The summed E-state index contributed by atoms with van der Waals surface area (Å²) in [4.78, 5) is 0. The predicted octanol–water partition coefficient (Wildman–Crippen LogP) is 2.01. The van der Waals surface area contributed by atoms with Crippen LogP contribution in [0, 0.1) is 0 Å². The van der Waals surface area contributed by atoms with E-state index in [-0.39, 0.29) is 12.1 Å². The quantitative estimate of drug-likeness (QED) is 0.620. The molecule has 0 saturated carbocycles. The monoisotopic (exact) mass is 318 g/mol. The molecule has 2 unspecified atom stereocenters. The number of nitrogens with two attached hydrogens (primary N) is 1. The highest BCUT2D eigenvalue weighted by molar-refractivity contribution is 9.10. The normalized spacial score (nSPS) is 14.1. The standard InChI is InChI=1S/C12H19BrN2O3/c1-7(16-2)11(15-14)8-5-6-9(17-3)10(13)12(8)18-4/h5-7,11,15H,14H2,1-4H3. The van der Waals surface area contributed by atoms with Gasteiger partial charge < -0.3 is 14.2 Å². The molecule has 1 aromatic rings. The first-order chi connectivity index (χ1) is 8.60. The molecule has 0 aliphatic carbocycles. The Hall–Kier alpha value is -0.820. The van der Waals surface area contributed by atoms with Crippen molar-refractivity contribution in [3.63, 3.8) is 0 Å². The highest BCUT2D eigenvalue weighted by atomic mass is 79.9. The summed E-state index contributed by atoms with van der Waals surface area (Å²) in [7, 11) is 4.85. The molecule has 0 amide bonds. The molecule has 102 valence electrons. The Kier molecular flexibility index (Phi) is 5.87. The van der Waals surface area contributed by atoms with E-state index in [4.69, 9.17) is 20.1 Å². The lowest BCUT2D eigenvalue weighted by molar-refractivity contribution is 0.0821. The molecular formula is C12H19BrN2O3. The van der Waals surface area contributed by atoms with Crippen molar-refractivity contribution in [1.29, 1.82) is 0 Å². The Bertz CT molecular complexity index is 401. The summed E-state index contributed by atoms with van der Waals surface area (Å²) in [6.45, 7) is 1.93. The Balaban J connectivity index is 3.26. The van der Waals surface area contributed by atoms with Crippen LogP contribution >= 0.6 is 15.9 Å². The zero-order chi connectivity index (χ0) is 13.7. The smallest absolute Gasteiger partial charge is 0.141 e. The van der Waals surface area contributed by atoms with Crippen molar-refractivity contribution in [2.24, 2.45) is 5.84 Å². The van der Waals surface area contributed by atoms with Crippen LogP contribution in [0.25, 0.3) is 0 Å². The minimum atomic E-state index is -0.174. The van der Waals surface area contributed by atoms with Gasteiger partial charge in [0.2, 0.25) is 0 Å². The van der Waals surface area contributed by atoms with E-state index in [1.54, 1.807) is 21.3 Å². The van der Waals surface area contributed by atoms with Gasteiger partial charge in [-0.2, -0.15) is 0 Å². The molecule has 0 radical (unpaired) electrons. The molecule has 18 heavy (non-hydrogen) atoms. The largest absolute Gasteiger partial charge is 0.495 e. The summed E-state index contributed by atoms with van der Waals surface area (Å²) >= 11 is 3.46. The first kappa shape index (κ1) is 15.2. The molecule has 6 heteroatoms. The third kappa shape index (κ3) is 2.95. The maximum Gasteiger partial charge on any atom is 0.141 e. The Morgan fingerprint density at radius 1 is 1.22 bits per heavy atom. The zero-order valence-electron chi connectivity index (χ0n) is 11.0. The van der Waals surface area contributed by atoms with Crippen LogP contribution in [-0.2, 0) is 4.74 Å². The molecule has 3 N–H and O–H groups in total. The Morgan fingerprint density at radius 3 is 2.33 bits per heavy atom. The first-order valence-electron chi connectivity index (χ1n) is 5.50. The lowest BCUT2D eigenvalue weighted by atomic mass is 10.0. The first-order valence-corrected chi connectivity index (χ1v) is 6.29. The summed E-state index contributed by atoms with van der Waals surface area (Å²) < 4.78 is 16.7. The van der Waals surface area contributed by atoms with Crippen LogP contribution < -0.4 is 20.7 Å². The van der Waals surface area contributed by atoms with Crippen molar-refractivity contribution < 1.29 is 14.2 Å². The SMILES string of the molecule is COc1ccc(C(NN)C(C)OC)c(OC)c1Br. The van der Waals surface area contributed by atoms with E-state index in [1.807, 2.05) is 19.1 Å². The summed E-state index contributed by atoms with van der Waals surface area (Å²) in [5, 5.41) is 0. The second-order valence-electron chi connectivity index (χ2n) is 3.79. The van der Waals surface area contributed by atoms with Crippen molar-refractivity contribution >= 4 is 15.9 Å². The van der Waals surface area contributed by atoms with Crippen LogP contribution in [-0.4, -0.2) is 27.4 Å². The van der Waals surface area contributed by atoms with E-state index in [2.05, 4.69) is 21.4 Å². The summed E-state index contributed by atoms with van der Waals surface area (Å²) in [6.07, 6.45) is -0.0933. The van der Waals surface area contributed by atoms with E-state index in [9.17, 15) is 0 Å². The van der Waals surface area contributed by atoms with Crippen LogP contribution in [0.5, 0.6) is 11.5 Å². The van der Waals surface area contributed by atoms with Gasteiger partial charge in [-0.3, -0.25) is 11.3 Å². The van der Waals surface area contributed by atoms with Crippen molar-refractivity contribution in [3.8, 4) is 11.5 Å². The minimum absolute atomic E-state index is 0.0933. The molecule has 0 aliphatic heterocycles. The third-order valence-corrected chi connectivity index (χ3v) is 3.62. The summed E-state index contributed by atoms with van der Waals surface area (Å²) in [5.74, 6) is 6.98. The third-order valence-electron chi connectivity index (χ3n) is 2.87. The van der Waals surface area contributed by atoms with E-state index in [1.165, 1.54) is 0 Å². The molecule has 0 fully saturated rings. The lowest BCUT2D eigenvalue weighted by Gasteiger charge is -2.25. The topological polar surface area (TPSA) is 65.7 Å². The number of hydrazine groups is 1. The highest BCUT2D eigenvalue weighted by Crippen LogP contribution is 2.40. The second-order valence-corrected chi connectivity index (χ2v) is 4.58. The van der Waals surface area contributed by atoms with Crippen LogP contribution in [0.2, 0.25) is 0 Å². The van der Waals surface area contributed by atoms with Gasteiger partial charge in [-0.1, -0.05) is 0 Å². The van der Waals surface area contributed by atoms with Gasteiger partial charge in [-0.15, -0.1) is 0 Å². The summed E-state index contributed by atoms with van der Waals surface area (Å²) in [6, 6.07) is 3.59. The van der Waals surface area contributed by atoms with Crippen LogP contribution in [0.4, 0.5) is 0 Å². The van der Waals surface area contributed by atoms with Gasteiger partial charge in [-0.05, 0) is 35.0 Å². The summed E-state index contributed by atoms with van der Waals surface area (Å²) in [5.41, 5.74) is 3.65. The highest BCUT2D eigenvalue weighted by Gasteiger charge is 2.24. The Morgan fingerprint density at radius 2 is 1.89 bits per heavy atom. The van der Waals surface area contributed by atoms with Crippen molar-refractivity contribution in [1.82, 2.24) is 5.43 Å². The fraction of sp³-hybridized carbons (Fsp3) is 0.500. The molecular weight excluding hydrogens is 300 g/mol. The molecule has 1 rings (SSSR count). The number of halogens is 1. The van der Waals surface area contributed by atoms with E-state index in [0.29, 0.717) is 11.5 Å². The fourth-order valence-electron chi connectivity index (χ4n) is 1.78. The van der Waals surface area contributed by atoms with Crippen LogP contribution in [0.3, 0.4) is 0 Å². The number of nitrogens with one attached hydrogen (secondary N) is 1. The van der Waals surface area contributed by atoms with E-state index in [0.717, 1.165) is 10.0 Å². The van der Waals surface area contributed by atoms with E-state index < -0.39 is 0 Å². The number of rotatable bonds is 6. The van der Waals surface area contributed by atoms with Gasteiger partial charge in [0.05, 0.1) is 26.4 Å². The van der Waals surface area contributed by atoms with Crippen molar-refractivity contribution in [2.45, 2.75) is 19.1 Å². The average Bonchev–Trinajstić information content (AvgIpc) is 2.39. The molecule has 0 heterocycles. The number of hydrogen-bond donors (Lipinski definition) is 2. The lowest BCUT2D eigenvalue weighted by Crippen LogP contribution is -2.36. The minimum Gasteiger partial charge on any atom is -0.495 e. The van der Waals surface area contributed by atoms with E-state index >= 15 is 0 Å². The molecule has 1 aromatic carbocycles.